The zero-order chi connectivity index (χ0) is 13.9. The van der Waals surface area contributed by atoms with Crippen LogP contribution >= 0.6 is 0 Å². The fourth-order valence-corrected chi connectivity index (χ4v) is 2.16. The molecule has 0 aromatic carbocycles. The van der Waals surface area contributed by atoms with Crippen LogP contribution in [0, 0.1) is 11.3 Å². The third kappa shape index (κ3) is 6.25. The summed E-state index contributed by atoms with van der Waals surface area (Å²) >= 11 is 0. The Balaban J connectivity index is 2.42. The summed E-state index contributed by atoms with van der Waals surface area (Å²) in [5, 5.41) is 14.8. The number of nitrogens with one attached hydrogen (secondary N) is 2. The summed E-state index contributed by atoms with van der Waals surface area (Å²) in [4.78, 5) is 11.7. The predicted molar refractivity (Wildman–Crippen MR) is 73.2 cm³/mol. The van der Waals surface area contributed by atoms with Crippen LogP contribution in [0.25, 0.3) is 0 Å². The van der Waals surface area contributed by atoms with Gasteiger partial charge in [-0.15, -0.1) is 0 Å². The van der Waals surface area contributed by atoms with Gasteiger partial charge in [-0.25, -0.2) is 0 Å². The van der Waals surface area contributed by atoms with Crippen LogP contribution in [0.3, 0.4) is 0 Å². The van der Waals surface area contributed by atoms with Gasteiger partial charge in [0, 0.05) is 25.9 Å². The largest absolute Gasteiger partial charge is 0.387 e. The number of carbonyl (C=O) groups excluding carboxylic acids is 1. The van der Waals surface area contributed by atoms with E-state index in [0.717, 1.165) is 12.8 Å². The van der Waals surface area contributed by atoms with Crippen molar-refractivity contribution < 1.29 is 9.53 Å². The average Bonchev–Trinajstić information content (AvgIpc) is 2.68. The van der Waals surface area contributed by atoms with E-state index in [0.29, 0.717) is 19.2 Å². The number of carbonyl (C=O) groups is 1. The molecule has 5 heteroatoms. The molecule has 1 amide bonds. The van der Waals surface area contributed by atoms with Crippen molar-refractivity contribution >= 4 is 5.91 Å². The van der Waals surface area contributed by atoms with Gasteiger partial charge in [0.1, 0.15) is 11.6 Å². The highest BCUT2D eigenvalue weighted by atomic mass is 16.5. The number of methoxy groups -OCH3 is 1. The number of hydrogen-bond donors (Lipinski definition) is 2. The smallest absolute Gasteiger partial charge is 0.263 e. The molecule has 0 saturated heterocycles. The van der Waals surface area contributed by atoms with Crippen molar-refractivity contribution in [3.05, 3.63) is 11.8 Å². The van der Waals surface area contributed by atoms with E-state index in [1.54, 1.807) is 13.3 Å². The number of nitriles is 1. The summed E-state index contributed by atoms with van der Waals surface area (Å²) in [7, 11) is 1.57. The van der Waals surface area contributed by atoms with E-state index in [4.69, 9.17) is 10.00 Å². The van der Waals surface area contributed by atoms with Crippen molar-refractivity contribution in [1.82, 2.24) is 10.6 Å². The topological polar surface area (TPSA) is 74.1 Å². The minimum atomic E-state index is -0.347. The molecule has 1 aliphatic rings. The predicted octanol–water partition coefficient (Wildman–Crippen LogP) is 1.47. The first-order valence-corrected chi connectivity index (χ1v) is 6.91. The lowest BCUT2D eigenvalue weighted by atomic mass is 10.1. The van der Waals surface area contributed by atoms with Gasteiger partial charge in [-0.05, 0) is 12.8 Å². The first-order valence-electron chi connectivity index (χ1n) is 6.91. The van der Waals surface area contributed by atoms with E-state index < -0.39 is 0 Å². The third-order valence-electron chi connectivity index (χ3n) is 3.28. The van der Waals surface area contributed by atoms with Gasteiger partial charge in [-0.2, -0.15) is 5.26 Å². The van der Waals surface area contributed by atoms with E-state index in [1.807, 2.05) is 6.07 Å². The van der Waals surface area contributed by atoms with Crippen molar-refractivity contribution in [2.24, 2.45) is 0 Å². The number of rotatable bonds is 6. The highest BCUT2D eigenvalue weighted by molar-refractivity contribution is 5.97. The summed E-state index contributed by atoms with van der Waals surface area (Å²) in [6.45, 7) is 0.859. The summed E-state index contributed by atoms with van der Waals surface area (Å²) in [6, 6.07) is 2.32. The Labute approximate surface area is 115 Å². The molecule has 0 heterocycles. The van der Waals surface area contributed by atoms with Gasteiger partial charge in [0.05, 0.1) is 6.61 Å². The molecule has 0 aromatic heterocycles. The first-order chi connectivity index (χ1) is 9.27. The van der Waals surface area contributed by atoms with Gasteiger partial charge < -0.3 is 15.4 Å². The van der Waals surface area contributed by atoms with Gasteiger partial charge >= 0.3 is 0 Å². The number of ether oxygens (including phenoxy) is 1. The maximum absolute atomic E-state index is 11.7. The Kier molecular flexibility index (Phi) is 7.68. The zero-order valence-corrected chi connectivity index (χ0v) is 11.6. The van der Waals surface area contributed by atoms with Crippen LogP contribution in [-0.2, 0) is 9.53 Å². The summed E-state index contributed by atoms with van der Waals surface area (Å²) < 4.78 is 4.84. The Hall–Kier alpha value is -1.54. The zero-order valence-electron chi connectivity index (χ0n) is 11.6. The second-order valence-corrected chi connectivity index (χ2v) is 4.77. The fraction of sp³-hybridized carbons (Fsp3) is 0.714. The maximum atomic E-state index is 11.7. The quantitative estimate of drug-likeness (QED) is 0.330. The molecule has 0 bridgehead atoms. The lowest BCUT2D eigenvalue weighted by Crippen LogP contribution is -2.30. The van der Waals surface area contributed by atoms with Crippen molar-refractivity contribution in [2.45, 2.75) is 44.6 Å². The van der Waals surface area contributed by atoms with E-state index >= 15 is 0 Å². The Morgan fingerprint density at radius 1 is 1.37 bits per heavy atom. The summed E-state index contributed by atoms with van der Waals surface area (Å²) in [5.74, 6) is -0.347. The number of nitrogens with zero attached hydrogens (tertiary/aromatic N) is 1. The van der Waals surface area contributed by atoms with E-state index in [9.17, 15) is 4.79 Å². The molecule has 0 aliphatic heterocycles. The molecule has 1 rings (SSSR count). The van der Waals surface area contributed by atoms with Gasteiger partial charge in [-0.3, -0.25) is 4.79 Å². The molecule has 1 aliphatic carbocycles. The van der Waals surface area contributed by atoms with Crippen molar-refractivity contribution in [1.29, 1.82) is 5.26 Å². The van der Waals surface area contributed by atoms with Crippen LogP contribution in [0.15, 0.2) is 11.8 Å². The molecule has 1 saturated carbocycles. The van der Waals surface area contributed by atoms with Crippen LogP contribution in [0.4, 0.5) is 0 Å². The highest BCUT2D eigenvalue weighted by Gasteiger charge is 2.12. The molecule has 2 N–H and O–H groups in total. The molecule has 1 fully saturated rings. The van der Waals surface area contributed by atoms with E-state index in [1.165, 1.54) is 25.7 Å². The van der Waals surface area contributed by atoms with Gasteiger partial charge in [0.25, 0.3) is 5.91 Å². The molecule has 0 spiro atoms. The molecule has 5 nitrogen and oxygen atoms in total. The molecular formula is C14H23N3O2. The highest BCUT2D eigenvalue weighted by Crippen LogP contribution is 2.17. The van der Waals surface area contributed by atoms with Gasteiger partial charge in [0.2, 0.25) is 0 Å². The molecule has 0 atom stereocenters. The van der Waals surface area contributed by atoms with Crippen LogP contribution in [0.5, 0.6) is 0 Å². The maximum Gasteiger partial charge on any atom is 0.263 e. The number of amides is 1. The SMILES string of the molecule is COCCNC(=O)/C(C#N)=C\NC1CCCCCC1. The van der Waals surface area contributed by atoms with Crippen molar-refractivity contribution in [3.63, 3.8) is 0 Å². The Bertz CT molecular complexity index is 339. The van der Waals surface area contributed by atoms with Crippen LogP contribution in [0.2, 0.25) is 0 Å². The fourth-order valence-electron chi connectivity index (χ4n) is 2.16. The monoisotopic (exact) mass is 265 g/mol. The molecule has 0 unspecified atom stereocenters. The van der Waals surface area contributed by atoms with Gasteiger partial charge in [0.15, 0.2) is 0 Å². The van der Waals surface area contributed by atoms with E-state index in [2.05, 4.69) is 10.6 Å². The van der Waals surface area contributed by atoms with Crippen molar-refractivity contribution in [2.75, 3.05) is 20.3 Å². The Morgan fingerprint density at radius 2 is 2.05 bits per heavy atom. The second kappa shape index (κ2) is 9.40. The summed E-state index contributed by atoms with van der Waals surface area (Å²) in [5.41, 5.74) is 0.125. The Morgan fingerprint density at radius 3 is 2.63 bits per heavy atom. The second-order valence-electron chi connectivity index (χ2n) is 4.77. The first kappa shape index (κ1) is 15.5. The minimum Gasteiger partial charge on any atom is -0.387 e. The third-order valence-corrected chi connectivity index (χ3v) is 3.28. The molecule has 0 aromatic rings. The van der Waals surface area contributed by atoms with Gasteiger partial charge in [-0.1, -0.05) is 25.7 Å². The van der Waals surface area contributed by atoms with Crippen molar-refractivity contribution in [3.8, 4) is 6.07 Å². The standard InChI is InChI=1S/C14H23N3O2/c1-19-9-8-16-14(18)12(10-15)11-17-13-6-4-2-3-5-7-13/h11,13,17H,2-9H2,1H3,(H,16,18)/b12-11-. The average molecular weight is 265 g/mol. The lowest BCUT2D eigenvalue weighted by Gasteiger charge is -2.14. The van der Waals surface area contributed by atoms with Crippen LogP contribution < -0.4 is 10.6 Å². The molecule has 0 radical (unpaired) electrons. The number of hydrogen-bond acceptors (Lipinski definition) is 4. The lowest BCUT2D eigenvalue weighted by molar-refractivity contribution is -0.117. The summed E-state index contributed by atoms with van der Waals surface area (Å²) in [6.07, 6.45) is 8.77. The molecular weight excluding hydrogens is 242 g/mol. The molecule has 19 heavy (non-hydrogen) atoms. The molecule has 106 valence electrons. The van der Waals surface area contributed by atoms with Crippen LogP contribution in [-0.4, -0.2) is 32.2 Å². The van der Waals surface area contributed by atoms with Crippen LogP contribution in [0.1, 0.15) is 38.5 Å². The minimum absolute atomic E-state index is 0.125. The normalized spacial score (nSPS) is 17.4. The van der Waals surface area contributed by atoms with E-state index in [-0.39, 0.29) is 11.5 Å².